The third-order valence-electron chi connectivity index (χ3n) is 7.01. The standard InChI is InChI=1S/C31H36N4O2/c1-35(26-12-6-3-7-13-26)30(31(37)33-22-24-10-4-2-5-11-24)25-19-16-23(17-20-25)18-21-29(36)34-28-15-9-8-14-27(28)32/h2,4-5,8-11,14-21,26,30H,3,6-7,12-13,22,32H2,1H3,(H,33,37)(H,34,36)/b21-18+. The van der Waals surface area contributed by atoms with Crippen LogP contribution in [0.4, 0.5) is 11.4 Å². The molecule has 2 amide bonds. The second-order valence-electron chi connectivity index (χ2n) is 9.64. The van der Waals surface area contributed by atoms with Crippen molar-refractivity contribution >= 4 is 29.3 Å². The molecule has 0 bridgehead atoms. The summed E-state index contributed by atoms with van der Waals surface area (Å²) < 4.78 is 0. The van der Waals surface area contributed by atoms with Crippen LogP contribution < -0.4 is 16.4 Å². The van der Waals surface area contributed by atoms with Gasteiger partial charge in [-0.05, 0) is 54.8 Å². The number of nitrogens with two attached hydrogens (primary N) is 1. The lowest BCUT2D eigenvalue weighted by Gasteiger charge is -2.36. The number of hydrogen-bond acceptors (Lipinski definition) is 4. The average Bonchev–Trinajstić information content (AvgIpc) is 2.94. The number of para-hydroxylation sites is 2. The van der Waals surface area contributed by atoms with Gasteiger partial charge < -0.3 is 16.4 Å². The Balaban J connectivity index is 1.46. The van der Waals surface area contributed by atoms with Gasteiger partial charge in [0.1, 0.15) is 6.04 Å². The van der Waals surface area contributed by atoms with E-state index in [0.29, 0.717) is 24.0 Å². The molecule has 0 aliphatic heterocycles. The molecule has 192 valence electrons. The van der Waals surface area contributed by atoms with E-state index in [4.69, 9.17) is 5.73 Å². The van der Waals surface area contributed by atoms with Gasteiger partial charge in [0.2, 0.25) is 11.8 Å². The molecule has 3 aromatic carbocycles. The predicted octanol–water partition coefficient (Wildman–Crippen LogP) is 5.54. The lowest BCUT2D eigenvalue weighted by molar-refractivity contribution is -0.127. The Hall–Kier alpha value is -3.90. The van der Waals surface area contributed by atoms with Crippen molar-refractivity contribution in [1.29, 1.82) is 0 Å². The maximum atomic E-state index is 13.5. The number of nitrogens with one attached hydrogen (secondary N) is 2. The second-order valence-corrected chi connectivity index (χ2v) is 9.64. The van der Waals surface area contributed by atoms with E-state index in [2.05, 4.69) is 22.6 Å². The molecule has 6 heteroatoms. The summed E-state index contributed by atoms with van der Waals surface area (Å²) in [5.41, 5.74) is 9.90. The number of likely N-dealkylation sites (N-methyl/N-ethyl adjacent to an activating group) is 1. The summed E-state index contributed by atoms with van der Waals surface area (Å²) in [6.45, 7) is 0.497. The molecule has 6 nitrogen and oxygen atoms in total. The fraction of sp³-hybridized carbons (Fsp3) is 0.290. The Bertz CT molecular complexity index is 1200. The normalized spacial score (nSPS) is 15.0. The Labute approximate surface area is 219 Å². The van der Waals surface area contributed by atoms with Crippen LogP contribution in [0, 0.1) is 0 Å². The minimum absolute atomic E-state index is 0.0000428. The van der Waals surface area contributed by atoms with Crippen molar-refractivity contribution in [3.63, 3.8) is 0 Å². The summed E-state index contributed by atoms with van der Waals surface area (Å²) in [6, 6.07) is 25.0. The first-order valence-corrected chi connectivity index (χ1v) is 13.0. The minimum Gasteiger partial charge on any atom is -0.397 e. The molecule has 1 atom stereocenters. The van der Waals surface area contributed by atoms with E-state index in [-0.39, 0.29) is 17.9 Å². The van der Waals surface area contributed by atoms with Gasteiger partial charge in [-0.3, -0.25) is 14.5 Å². The van der Waals surface area contributed by atoms with Crippen LogP contribution in [-0.4, -0.2) is 29.8 Å². The number of nitrogen functional groups attached to an aromatic ring is 1. The van der Waals surface area contributed by atoms with Gasteiger partial charge in [0.05, 0.1) is 11.4 Å². The third kappa shape index (κ3) is 7.30. The zero-order valence-electron chi connectivity index (χ0n) is 21.4. The highest BCUT2D eigenvalue weighted by molar-refractivity contribution is 6.03. The number of rotatable bonds is 9. The highest BCUT2D eigenvalue weighted by atomic mass is 16.2. The van der Waals surface area contributed by atoms with Crippen molar-refractivity contribution in [2.75, 3.05) is 18.1 Å². The Morgan fingerprint density at radius 1 is 0.946 bits per heavy atom. The van der Waals surface area contributed by atoms with Gasteiger partial charge in [-0.25, -0.2) is 0 Å². The molecular formula is C31H36N4O2. The predicted molar refractivity (Wildman–Crippen MR) is 151 cm³/mol. The Morgan fingerprint density at radius 3 is 2.32 bits per heavy atom. The molecule has 1 fully saturated rings. The smallest absolute Gasteiger partial charge is 0.248 e. The fourth-order valence-corrected chi connectivity index (χ4v) is 4.90. The number of anilines is 2. The lowest BCUT2D eigenvalue weighted by Crippen LogP contribution is -2.44. The van der Waals surface area contributed by atoms with E-state index in [1.807, 2.05) is 66.7 Å². The van der Waals surface area contributed by atoms with E-state index in [9.17, 15) is 9.59 Å². The van der Waals surface area contributed by atoms with Crippen molar-refractivity contribution in [1.82, 2.24) is 10.2 Å². The van der Waals surface area contributed by atoms with Crippen molar-refractivity contribution in [2.45, 2.75) is 50.7 Å². The first-order valence-electron chi connectivity index (χ1n) is 13.0. The van der Waals surface area contributed by atoms with Gasteiger partial charge >= 0.3 is 0 Å². The van der Waals surface area contributed by atoms with Gasteiger partial charge in [0.25, 0.3) is 0 Å². The minimum atomic E-state index is -0.380. The van der Waals surface area contributed by atoms with Gasteiger partial charge in [0.15, 0.2) is 0 Å². The molecule has 0 spiro atoms. The van der Waals surface area contributed by atoms with E-state index in [1.165, 1.54) is 25.3 Å². The number of carbonyl (C=O) groups excluding carboxylic acids is 2. The largest absolute Gasteiger partial charge is 0.397 e. The summed E-state index contributed by atoms with van der Waals surface area (Å²) in [5.74, 6) is -0.253. The van der Waals surface area contributed by atoms with Crippen molar-refractivity contribution in [3.8, 4) is 0 Å². The van der Waals surface area contributed by atoms with Crippen LogP contribution in [0.25, 0.3) is 6.08 Å². The van der Waals surface area contributed by atoms with Crippen molar-refractivity contribution in [2.24, 2.45) is 0 Å². The number of nitrogens with zero attached hydrogens (tertiary/aromatic N) is 1. The highest BCUT2D eigenvalue weighted by Crippen LogP contribution is 2.29. The molecule has 4 N–H and O–H groups in total. The van der Waals surface area contributed by atoms with Gasteiger partial charge in [-0.15, -0.1) is 0 Å². The van der Waals surface area contributed by atoms with Gasteiger partial charge in [-0.1, -0.05) is 86.0 Å². The quantitative estimate of drug-likeness (QED) is 0.268. The summed E-state index contributed by atoms with van der Waals surface area (Å²) >= 11 is 0. The summed E-state index contributed by atoms with van der Waals surface area (Å²) in [4.78, 5) is 28.1. The molecule has 0 radical (unpaired) electrons. The zero-order valence-corrected chi connectivity index (χ0v) is 21.4. The van der Waals surface area contributed by atoms with Gasteiger partial charge in [0, 0.05) is 18.7 Å². The molecule has 1 aliphatic rings. The maximum Gasteiger partial charge on any atom is 0.248 e. The van der Waals surface area contributed by atoms with Crippen LogP contribution in [-0.2, 0) is 16.1 Å². The molecule has 4 rings (SSSR count). The molecule has 0 saturated heterocycles. The van der Waals surface area contributed by atoms with E-state index in [0.717, 1.165) is 29.5 Å². The Morgan fingerprint density at radius 2 is 1.62 bits per heavy atom. The van der Waals surface area contributed by atoms with Crippen LogP contribution in [0.15, 0.2) is 84.9 Å². The maximum absolute atomic E-state index is 13.5. The molecule has 3 aromatic rings. The number of amides is 2. The van der Waals surface area contributed by atoms with Gasteiger partial charge in [-0.2, -0.15) is 0 Å². The molecule has 0 heterocycles. The Kier molecular flexibility index (Phi) is 9.11. The SMILES string of the molecule is CN(C1CCCCC1)C(C(=O)NCc1ccccc1)c1ccc(/C=C/C(=O)Nc2ccccc2N)cc1. The molecular weight excluding hydrogens is 460 g/mol. The number of hydrogen-bond donors (Lipinski definition) is 3. The average molecular weight is 497 g/mol. The number of benzene rings is 3. The topological polar surface area (TPSA) is 87.5 Å². The van der Waals surface area contributed by atoms with E-state index in [1.54, 1.807) is 18.2 Å². The summed E-state index contributed by atoms with van der Waals surface area (Å²) in [7, 11) is 2.07. The van der Waals surface area contributed by atoms with Crippen LogP contribution >= 0.6 is 0 Å². The molecule has 37 heavy (non-hydrogen) atoms. The van der Waals surface area contributed by atoms with Crippen LogP contribution in [0.5, 0.6) is 0 Å². The molecule has 1 aliphatic carbocycles. The first kappa shape index (κ1) is 26.2. The number of carbonyl (C=O) groups is 2. The van der Waals surface area contributed by atoms with Crippen LogP contribution in [0.1, 0.15) is 54.8 Å². The molecule has 1 saturated carbocycles. The summed E-state index contributed by atoms with van der Waals surface area (Å²) in [6.07, 6.45) is 9.14. The lowest BCUT2D eigenvalue weighted by atomic mass is 9.92. The van der Waals surface area contributed by atoms with E-state index >= 15 is 0 Å². The first-order chi connectivity index (χ1) is 18.0. The fourth-order valence-electron chi connectivity index (χ4n) is 4.90. The zero-order chi connectivity index (χ0) is 26.0. The van der Waals surface area contributed by atoms with Crippen molar-refractivity contribution < 1.29 is 9.59 Å². The van der Waals surface area contributed by atoms with Crippen LogP contribution in [0.3, 0.4) is 0 Å². The monoisotopic (exact) mass is 496 g/mol. The molecule has 0 aromatic heterocycles. The van der Waals surface area contributed by atoms with Crippen LogP contribution in [0.2, 0.25) is 0 Å². The third-order valence-corrected chi connectivity index (χ3v) is 7.01. The molecule has 1 unspecified atom stereocenters. The highest BCUT2D eigenvalue weighted by Gasteiger charge is 2.30. The second kappa shape index (κ2) is 12.9. The summed E-state index contributed by atoms with van der Waals surface area (Å²) in [5, 5.41) is 5.94. The van der Waals surface area contributed by atoms with E-state index < -0.39 is 0 Å². The van der Waals surface area contributed by atoms with Crippen molar-refractivity contribution in [3.05, 3.63) is 102 Å².